The number of nitrogens with one attached hydrogen (secondary N) is 1. The third-order valence-electron chi connectivity index (χ3n) is 6.06. The van der Waals surface area contributed by atoms with Gasteiger partial charge in [0.1, 0.15) is 17.3 Å². The van der Waals surface area contributed by atoms with Crippen molar-refractivity contribution in [1.82, 2.24) is 9.88 Å². The lowest BCUT2D eigenvalue weighted by Crippen LogP contribution is -2.49. The van der Waals surface area contributed by atoms with Crippen molar-refractivity contribution in [1.29, 1.82) is 0 Å². The van der Waals surface area contributed by atoms with Crippen LogP contribution in [0.1, 0.15) is 29.8 Å². The van der Waals surface area contributed by atoms with Gasteiger partial charge in [-0.3, -0.25) is 9.59 Å². The van der Waals surface area contributed by atoms with E-state index in [0.717, 1.165) is 11.6 Å². The van der Waals surface area contributed by atoms with Crippen LogP contribution in [0.3, 0.4) is 0 Å². The lowest BCUT2D eigenvalue weighted by molar-refractivity contribution is 0.104. The number of nitrogens with zero attached hydrogens (tertiary/aromatic N) is 2. The fraction of sp³-hybridized carbons (Fsp3) is 0.308. The van der Waals surface area contributed by atoms with E-state index in [9.17, 15) is 9.59 Å². The quantitative estimate of drug-likeness (QED) is 0.439. The molecule has 0 amide bonds. The molecular weight excluding hydrogens is 440 g/mol. The number of aryl methyl sites for hydroxylation is 1. The summed E-state index contributed by atoms with van der Waals surface area (Å²) in [6.45, 7) is 5.53. The zero-order valence-electron chi connectivity index (χ0n) is 19.4. The minimum atomic E-state index is -0.808. The van der Waals surface area contributed by atoms with E-state index >= 15 is 8.78 Å². The van der Waals surface area contributed by atoms with E-state index in [-0.39, 0.29) is 28.2 Å². The van der Waals surface area contributed by atoms with E-state index in [1.807, 2.05) is 6.92 Å². The summed E-state index contributed by atoms with van der Waals surface area (Å²) in [5.41, 5.74) is -0.215. The normalized spacial score (nSPS) is 16.4. The Morgan fingerprint density at radius 3 is 2.65 bits per heavy atom. The van der Waals surface area contributed by atoms with Gasteiger partial charge in [0.2, 0.25) is 5.43 Å². The molecule has 1 N–H and O–H groups in total. The maximum Gasteiger partial charge on any atom is 0.200 e. The Labute approximate surface area is 196 Å². The molecule has 1 atom stereocenters. The average Bonchev–Trinajstić information content (AvgIpc) is 2.83. The van der Waals surface area contributed by atoms with Gasteiger partial charge in [-0.15, -0.1) is 0 Å². The van der Waals surface area contributed by atoms with Gasteiger partial charge in [0.15, 0.2) is 11.6 Å². The van der Waals surface area contributed by atoms with Crippen LogP contribution in [0.2, 0.25) is 0 Å². The predicted octanol–water partition coefficient (Wildman–Crippen LogP) is 4.00. The SMILES string of the molecule is CCn1cc(C(=O)C=Cc2ccc(OC)cc2)c(=O)c2cc(F)c(N3CCNC(C)C3)c(F)c21. The maximum atomic E-state index is 15.7. The first-order valence-corrected chi connectivity index (χ1v) is 11.2. The lowest BCUT2D eigenvalue weighted by atomic mass is 10.0. The van der Waals surface area contributed by atoms with Gasteiger partial charge in [-0.2, -0.15) is 0 Å². The number of carbonyl (C=O) groups excluding carboxylic acids is 1. The molecule has 0 bridgehead atoms. The van der Waals surface area contributed by atoms with E-state index < -0.39 is 22.8 Å². The molecule has 1 aliphatic rings. The smallest absolute Gasteiger partial charge is 0.200 e. The molecule has 0 spiro atoms. The molecule has 34 heavy (non-hydrogen) atoms. The molecule has 6 nitrogen and oxygen atoms in total. The number of hydrogen-bond acceptors (Lipinski definition) is 5. The molecular formula is C26H27F2N3O3. The zero-order chi connectivity index (χ0) is 24.4. The van der Waals surface area contributed by atoms with Gasteiger partial charge in [0.25, 0.3) is 0 Å². The van der Waals surface area contributed by atoms with E-state index in [4.69, 9.17) is 4.74 Å². The van der Waals surface area contributed by atoms with Gasteiger partial charge in [-0.05, 0) is 43.7 Å². The minimum absolute atomic E-state index is 0.00534. The molecule has 3 aromatic rings. The summed E-state index contributed by atoms with van der Waals surface area (Å²) in [5, 5.41) is 3.10. The summed E-state index contributed by atoms with van der Waals surface area (Å²) in [7, 11) is 1.56. The third-order valence-corrected chi connectivity index (χ3v) is 6.06. The van der Waals surface area contributed by atoms with Crippen LogP contribution in [0.4, 0.5) is 14.5 Å². The number of allylic oxidation sites excluding steroid dienone is 1. The van der Waals surface area contributed by atoms with Crippen molar-refractivity contribution >= 4 is 28.4 Å². The molecule has 0 radical (unpaired) electrons. The number of benzene rings is 2. The Bertz CT molecular complexity index is 1320. The molecule has 0 saturated carbocycles. The molecule has 1 aliphatic heterocycles. The molecule has 1 unspecified atom stereocenters. The van der Waals surface area contributed by atoms with E-state index in [1.54, 1.807) is 49.3 Å². The molecule has 1 aromatic heterocycles. The number of piperazine rings is 1. The number of pyridine rings is 1. The number of ether oxygens (including phenoxy) is 1. The average molecular weight is 468 g/mol. The largest absolute Gasteiger partial charge is 0.497 e. The summed E-state index contributed by atoms with van der Waals surface area (Å²) in [6.07, 6.45) is 4.22. The second-order valence-electron chi connectivity index (χ2n) is 8.35. The van der Waals surface area contributed by atoms with Gasteiger partial charge in [-0.25, -0.2) is 8.78 Å². The molecule has 1 fully saturated rings. The minimum Gasteiger partial charge on any atom is -0.497 e. The highest BCUT2D eigenvalue weighted by Gasteiger charge is 2.26. The molecule has 1 saturated heterocycles. The van der Waals surface area contributed by atoms with Crippen molar-refractivity contribution in [3.05, 3.63) is 75.6 Å². The summed E-state index contributed by atoms with van der Waals surface area (Å²) in [4.78, 5) is 27.7. The number of carbonyl (C=O) groups is 1. The van der Waals surface area contributed by atoms with Crippen LogP contribution in [0, 0.1) is 11.6 Å². The van der Waals surface area contributed by atoms with Crippen LogP contribution in [0.5, 0.6) is 5.75 Å². The summed E-state index contributed by atoms with van der Waals surface area (Å²) in [6, 6.07) is 8.19. The third kappa shape index (κ3) is 4.46. The van der Waals surface area contributed by atoms with Gasteiger partial charge < -0.3 is 19.5 Å². The molecule has 4 rings (SSSR count). The van der Waals surface area contributed by atoms with Crippen LogP contribution in [-0.4, -0.2) is 43.1 Å². The number of anilines is 1. The first-order valence-electron chi connectivity index (χ1n) is 11.2. The number of methoxy groups -OCH3 is 1. The number of hydrogen-bond donors (Lipinski definition) is 1. The van der Waals surface area contributed by atoms with Crippen molar-refractivity contribution in [2.45, 2.75) is 26.4 Å². The monoisotopic (exact) mass is 467 g/mol. The fourth-order valence-corrected chi connectivity index (χ4v) is 4.30. The standard InChI is InChI=1S/C26H27F2N3O3/c1-4-30-15-20(22(32)10-7-17-5-8-18(34-3)9-6-17)26(33)19-13-21(27)25(23(28)24(19)30)31-12-11-29-16(2)14-31/h5-10,13,15-16,29H,4,11-12,14H2,1-3H3. The van der Waals surface area contributed by atoms with Gasteiger partial charge in [-0.1, -0.05) is 18.2 Å². The molecule has 178 valence electrons. The second kappa shape index (κ2) is 9.77. The maximum absolute atomic E-state index is 15.7. The van der Waals surface area contributed by atoms with Crippen LogP contribution < -0.4 is 20.4 Å². The van der Waals surface area contributed by atoms with Crippen LogP contribution in [0.15, 0.2) is 47.4 Å². The topological polar surface area (TPSA) is 63.6 Å². The highest BCUT2D eigenvalue weighted by Crippen LogP contribution is 2.31. The zero-order valence-corrected chi connectivity index (χ0v) is 19.4. The Hall–Kier alpha value is -3.52. The van der Waals surface area contributed by atoms with Gasteiger partial charge in [0.05, 0.1) is 23.6 Å². The summed E-state index contributed by atoms with van der Waals surface area (Å²) >= 11 is 0. The first kappa shape index (κ1) is 23.6. The molecule has 8 heteroatoms. The Morgan fingerprint density at radius 2 is 2.00 bits per heavy atom. The Kier molecular flexibility index (Phi) is 6.79. The highest BCUT2D eigenvalue weighted by molar-refractivity contribution is 6.08. The predicted molar refractivity (Wildman–Crippen MR) is 130 cm³/mol. The van der Waals surface area contributed by atoms with Crippen molar-refractivity contribution < 1.29 is 18.3 Å². The van der Waals surface area contributed by atoms with Crippen molar-refractivity contribution in [3.8, 4) is 5.75 Å². The van der Waals surface area contributed by atoms with E-state index in [0.29, 0.717) is 31.9 Å². The lowest BCUT2D eigenvalue weighted by Gasteiger charge is -2.34. The van der Waals surface area contributed by atoms with Crippen LogP contribution in [0.25, 0.3) is 17.0 Å². The van der Waals surface area contributed by atoms with Crippen LogP contribution in [-0.2, 0) is 6.54 Å². The second-order valence-corrected chi connectivity index (χ2v) is 8.35. The number of aromatic nitrogens is 1. The summed E-state index contributed by atoms with van der Waals surface area (Å²) < 4.78 is 37.4. The van der Waals surface area contributed by atoms with E-state index in [1.165, 1.54) is 16.8 Å². The Balaban J connectivity index is 1.77. The van der Waals surface area contributed by atoms with Gasteiger partial charge >= 0.3 is 0 Å². The van der Waals surface area contributed by atoms with Crippen molar-refractivity contribution in [3.63, 3.8) is 0 Å². The van der Waals surface area contributed by atoms with Gasteiger partial charge in [0, 0.05) is 38.4 Å². The first-order chi connectivity index (χ1) is 16.3. The van der Waals surface area contributed by atoms with Crippen molar-refractivity contribution in [2.75, 3.05) is 31.6 Å². The Morgan fingerprint density at radius 1 is 1.26 bits per heavy atom. The number of halogens is 2. The van der Waals surface area contributed by atoms with Crippen LogP contribution >= 0.6 is 0 Å². The molecule has 2 heterocycles. The van der Waals surface area contributed by atoms with E-state index in [2.05, 4.69) is 5.32 Å². The summed E-state index contributed by atoms with van der Waals surface area (Å²) in [5.74, 6) is -1.44. The number of fused-ring (bicyclic) bond motifs is 1. The number of ketones is 1. The fourth-order valence-electron chi connectivity index (χ4n) is 4.30. The molecule has 2 aromatic carbocycles. The highest BCUT2D eigenvalue weighted by atomic mass is 19.1. The van der Waals surface area contributed by atoms with Crippen molar-refractivity contribution in [2.24, 2.45) is 0 Å². The number of rotatable bonds is 6. The molecule has 0 aliphatic carbocycles.